The Bertz CT molecular complexity index is 626. The van der Waals surface area contributed by atoms with Crippen molar-refractivity contribution in [3.05, 3.63) is 69.2 Å². The van der Waals surface area contributed by atoms with Gasteiger partial charge < -0.3 is 5.32 Å². The van der Waals surface area contributed by atoms with E-state index in [4.69, 9.17) is 11.6 Å². The highest BCUT2D eigenvalue weighted by Gasteiger charge is 2.09. The molecule has 0 saturated heterocycles. The topological polar surface area (TPSA) is 72.2 Å². The van der Waals surface area contributed by atoms with Crippen LogP contribution in [0.5, 0.6) is 0 Å². The van der Waals surface area contributed by atoms with Gasteiger partial charge in [-0.05, 0) is 30.3 Å². The number of nitro groups is 1. The molecular weight excluding hydrogens is 268 g/mol. The second kappa shape index (κ2) is 5.49. The van der Waals surface area contributed by atoms with Crippen LogP contribution in [0.2, 0.25) is 5.02 Å². The fraction of sp³-hybridized carbons (Fsp3) is 0. The molecule has 0 radical (unpaired) electrons. The van der Waals surface area contributed by atoms with Crippen molar-refractivity contribution in [1.82, 2.24) is 0 Å². The minimum atomic E-state index is -0.515. The second-order valence-corrected chi connectivity index (χ2v) is 4.20. The van der Waals surface area contributed by atoms with E-state index in [1.165, 1.54) is 24.3 Å². The molecule has 0 atom stereocenters. The van der Waals surface area contributed by atoms with Gasteiger partial charge in [0.25, 0.3) is 11.6 Å². The van der Waals surface area contributed by atoms with E-state index >= 15 is 0 Å². The summed E-state index contributed by atoms with van der Waals surface area (Å²) in [5.74, 6) is -0.350. The van der Waals surface area contributed by atoms with Crippen LogP contribution in [0.4, 0.5) is 11.4 Å². The minimum Gasteiger partial charge on any atom is -0.322 e. The summed E-state index contributed by atoms with van der Waals surface area (Å²) in [6, 6.07) is 12.1. The van der Waals surface area contributed by atoms with E-state index in [2.05, 4.69) is 5.32 Å². The Labute approximate surface area is 114 Å². The summed E-state index contributed by atoms with van der Waals surface area (Å²) in [7, 11) is 0. The normalized spacial score (nSPS) is 9.95. The molecule has 0 bridgehead atoms. The van der Waals surface area contributed by atoms with Gasteiger partial charge in [-0.3, -0.25) is 14.9 Å². The maximum absolute atomic E-state index is 11.9. The summed E-state index contributed by atoms with van der Waals surface area (Å²) in [5, 5.41) is 13.7. The number of nitrogens with one attached hydrogen (secondary N) is 1. The van der Waals surface area contributed by atoms with E-state index in [1.807, 2.05) is 0 Å². The van der Waals surface area contributed by atoms with Gasteiger partial charge in [0.15, 0.2) is 0 Å². The number of amides is 1. The SMILES string of the molecule is O=C(Nc1cccc(Cl)c1)c1ccc([N+](=O)[O-])cc1. The molecule has 19 heavy (non-hydrogen) atoms. The number of anilines is 1. The smallest absolute Gasteiger partial charge is 0.269 e. The molecule has 0 aromatic heterocycles. The van der Waals surface area contributed by atoms with Crippen LogP contribution in [0, 0.1) is 10.1 Å². The van der Waals surface area contributed by atoms with Crippen molar-refractivity contribution in [2.24, 2.45) is 0 Å². The van der Waals surface area contributed by atoms with Gasteiger partial charge in [-0.15, -0.1) is 0 Å². The van der Waals surface area contributed by atoms with Crippen LogP contribution in [0.15, 0.2) is 48.5 Å². The summed E-state index contributed by atoms with van der Waals surface area (Å²) in [6.07, 6.45) is 0. The fourth-order valence-electron chi connectivity index (χ4n) is 1.50. The van der Waals surface area contributed by atoms with E-state index in [0.717, 1.165) is 0 Å². The van der Waals surface area contributed by atoms with Crippen LogP contribution >= 0.6 is 11.6 Å². The summed E-state index contributed by atoms with van der Waals surface area (Å²) < 4.78 is 0. The van der Waals surface area contributed by atoms with Crippen molar-refractivity contribution in [3.63, 3.8) is 0 Å². The van der Waals surface area contributed by atoms with Crippen LogP contribution in [-0.2, 0) is 0 Å². The molecule has 1 N–H and O–H groups in total. The van der Waals surface area contributed by atoms with Crippen LogP contribution < -0.4 is 5.32 Å². The van der Waals surface area contributed by atoms with Gasteiger partial charge in [-0.25, -0.2) is 0 Å². The molecule has 6 heteroatoms. The van der Waals surface area contributed by atoms with Crippen molar-refractivity contribution in [2.75, 3.05) is 5.32 Å². The van der Waals surface area contributed by atoms with Crippen molar-refractivity contribution in [2.45, 2.75) is 0 Å². The van der Waals surface area contributed by atoms with Crippen molar-refractivity contribution < 1.29 is 9.72 Å². The first-order valence-corrected chi connectivity index (χ1v) is 5.75. The lowest BCUT2D eigenvalue weighted by Crippen LogP contribution is -2.11. The van der Waals surface area contributed by atoms with E-state index in [9.17, 15) is 14.9 Å². The number of nitrogens with zero attached hydrogens (tertiary/aromatic N) is 1. The summed E-state index contributed by atoms with van der Waals surface area (Å²) >= 11 is 5.80. The fourth-order valence-corrected chi connectivity index (χ4v) is 1.69. The number of rotatable bonds is 3. The average Bonchev–Trinajstić information content (AvgIpc) is 2.39. The highest BCUT2D eigenvalue weighted by molar-refractivity contribution is 6.30. The predicted octanol–water partition coefficient (Wildman–Crippen LogP) is 3.50. The lowest BCUT2D eigenvalue weighted by Gasteiger charge is -2.05. The first-order valence-electron chi connectivity index (χ1n) is 5.37. The van der Waals surface area contributed by atoms with Gasteiger partial charge in [0.2, 0.25) is 0 Å². The van der Waals surface area contributed by atoms with Gasteiger partial charge in [-0.1, -0.05) is 17.7 Å². The predicted molar refractivity (Wildman–Crippen MR) is 72.5 cm³/mol. The largest absolute Gasteiger partial charge is 0.322 e. The standard InChI is InChI=1S/C13H9ClN2O3/c14-10-2-1-3-11(8-10)15-13(17)9-4-6-12(7-5-9)16(18)19/h1-8H,(H,15,17). The highest BCUT2D eigenvalue weighted by Crippen LogP contribution is 2.17. The molecule has 0 unspecified atom stereocenters. The van der Waals surface area contributed by atoms with Crippen molar-refractivity contribution in [3.8, 4) is 0 Å². The van der Waals surface area contributed by atoms with Crippen LogP contribution in [0.1, 0.15) is 10.4 Å². The number of nitro benzene ring substituents is 1. The van der Waals surface area contributed by atoms with E-state index in [0.29, 0.717) is 16.3 Å². The lowest BCUT2D eigenvalue weighted by molar-refractivity contribution is -0.384. The van der Waals surface area contributed by atoms with Crippen LogP contribution in [-0.4, -0.2) is 10.8 Å². The first-order chi connectivity index (χ1) is 9.06. The third-order valence-electron chi connectivity index (χ3n) is 2.42. The molecule has 0 aliphatic heterocycles. The van der Waals surface area contributed by atoms with E-state index < -0.39 is 4.92 Å². The van der Waals surface area contributed by atoms with Crippen LogP contribution in [0.3, 0.4) is 0 Å². The van der Waals surface area contributed by atoms with Crippen molar-refractivity contribution >= 4 is 28.9 Å². The Morgan fingerprint density at radius 3 is 2.42 bits per heavy atom. The molecular formula is C13H9ClN2O3. The Morgan fingerprint density at radius 2 is 1.84 bits per heavy atom. The molecule has 0 aliphatic carbocycles. The third kappa shape index (κ3) is 3.29. The average molecular weight is 277 g/mol. The van der Waals surface area contributed by atoms with Crippen molar-refractivity contribution in [1.29, 1.82) is 0 Å². The summed E-state index contributed by atoms with van der Waals surface area (Å²) in [6.45, 7) is 0. The van der Waals surface area contributed by atoms with Gasteiger partial charge in [0.05, 0.1) is 4.92 Å². The van der Waals surface area contributed by atoms with E-state index in [-0.39, 0.29) is 11.6 Å². The summed E-state index contributed by atoms with van der Waals surface area (Å²) in [4.78, 5) is 21.9. The molecule has 2 rings (SSSR count). The Kier molecular flexibility index (Phi) is 3.77. The number of halogens is 1. The van der Waals surface area contributed by atoms with Gasteiger partial charge >= 0.3 is 0 Å². The molecule has 0 aliphatic rings. The third-order valence-corrected chi connectivity index (χ3v) is 2.66. The molecule has 96 valence electrons. The van der Waals surface area contributed by atoms with Crippen LogP contribution in [0.25, 0.3) is 0 Å². The maximum Gasteiger partial charge on any atom is 0.269 e. The number of hydrogen-bond donors (Lipinski definition) is 1. The molecule has 5 nitrogen and oxygen atoms in total. The lowest BCUT2D eigenvalue weighted by atomic mass is 10.2. The van der Waals surface area contributed by atoms with E-state index in [1.54, 1.807) is 24.3 Å². The Morgan fingerprint density at radius 1 is 1.16 bits per heavy atom. The maximum atomic E-state index is 11.9. The highest BCUT2D eigenvalue weighted by atomic mass is 35.5. The number of benzene rings is 2. The molecule has 0 heterocycles. The molecule has 0 saturated carbocycles. The zero-order valence-electron chi connectivity index (χ0n) is 9.67. The quantitative estimate of drug-likeness (QED) is 0.689. The Balaban J connectivity index is 2.14. The number of carbonyl (C=O) groups excluding carboxylic acids is 1. The Hall–Kier alpha value is -2.40. The van der Waals surface area contributed by atoms with Gasteiger partial charge in [0, 0.05) is 28.4 Å². The molecule has 0 fully saturated rings. The molecule has 0 spiro atoms. The number of non-ortho nitro benzene ring substituents is 1. The molecule has 1 amide bonds. The second-order valence-electron chi connectivity index (χ2n) is 3.77. The monoisotopic (exact) mass is 276 g/mol. The number of carbonyl (C=O) groups is 1. The summed E-state index contributed by atoms with van der Waals surface area (Å²) in [5.41, 5.74) is 0.848. The zero-order chi connectivity index (χ0) is 13.8. The molecule has 2 aromatic carbocycles. The zero-order valence-corrected chi connectivity index (χ0v) is 10.4. The molecule has 2 aromatic rings. The number of hydrogen-bond acceptors (Lipinski definition) is 3. The van der Waals surface area contributed by atoms with Gasteiger partial charge in [-0.2, -0.15) is 0 Å². The first kappa shape index (κ1) is 13.0. The minimum absolute atomic E-state index is 0.0562. The van der Waals surface area contributed by atoms with Gasteiger partial charge in [0.1, 0.15) is 0 Å².